The molecule has 0 aromatic heterocycles. The van der Waals surface area contributed by atoms with Gasteiger partial charge in [0.2, 0.25) is 0 Å². The Morgan fingerprint density at radius 3 is 2.42 bits per heavy atom. The quantitative estimate of drug-likeness (QED) is 0.836. The fourth-order valence-electron chi connectivity index (χ4n) is 4.19. The van der Waals surface area contributed by atoms with E-state index in [-0.39, 0.29) is 29.6 Å². The molecule has 1 saturated heterocycles. The molecule has 1 saturated carbocycles. The van der Waals surface area contributed by atoms with Gasteiger partial charge in [0, 0.05) is 25.0 Å². The number of benzene rings is 1. The zero-order chi connectivity index (χ0) is 18.0. The van der Waals surface area contributed by atoms with Crippen LogP contribution in [0.3, 0.4) is 0 Å². The molecule has 4 nitrogen and oxygen atoms in total. The molecule has 1 aliphatic carbocycles. The van der Waals surface area contributed by atoms with E-state index in [2.05, 4.69) is 4.90 Å². The highest BCUT2D eigenvalue weighted by Crippen LogP contribution is 2.44. The predicted molar refractivity (Wildman–Crippen MR) is 93.0 cm³/mol. The zero-order valence-electron chi connectivity index (χ0n) is 14.3. The maximum absolute atomic E-state index is 13.6. The monoisotopic (exact) mass is 393 g/mol. The van der Waals surface area contributed by atoms with Crippen molar-refractivity contribution in [3.8, 4) is 0 Å². The van der Waals surface area contributed by atoms with Crippen LogP contribution in [0, 0.1) is 0 Å². The summed E-state index contributed by atoms with van der Waals surface area (Å²) in [5.74, 6) is -1.72. The second-order valence-corrected chi connectivity index (χ2v) is 6.68. The van der Waals surface area contributed by atoms with Gasteiger partial charge in [-0.05, 0) is 30.5 Å². The molecule has 3 rings (SSSR count). The van der Waals surface area contributed by atoms with Crippen molar-refractivity contribution in [3.63, 3.8) is 0 Å². The van der Waals surface area contributed by atoms with E-state index >= 15 is 0 Å². The first kappa shape index (κ1) is 21.0. The molecular formula is C18H23ClF3NO3. The summed E-state index contributed by atoms with van der Waals surface area (Å²) >= 11 is 0. The van der Waals surface area contributed by atoms with E-state index in [1.165, 1.54) is 12.1 Å². The zero-order valence-corrected chi connectivity index (χ0v) is 15.1. The molecule has 0 amide bonds. The van der Waals surface area contributed by atoms with Gasteiger partial charge in [0.05, 0.1) is 24.3 Å². The summed E-state index contributed by atoms with van der Waals surface area (Å²) in [6, 6.07) is 3.41. The normalized spacial score (nSPS) is 24.7. The summed E-state index contributed by atoms with van der Waals surface area (Å²) < 4.78 is 46.1. The standard InChI is InChI=1S/C18H22F3NO3.ClH/c19-18(20,21)14-6-3-5-13(17(23)24)16(14)12-4-1-2-7-15(12)22-8-10-25-11-9-22;/h3,5-6,12,15H,1-2,4,7-11H2,(H,23,24);1H. The first-order chi connectivity index (χ1) is 11.9. The highest BCUT2D eigenvalue weighted by Gasteiger charge is 2.41. The summed E-state index contributed by atoms with van der Waals surface area (Å²) in [5.41, 5.74) is -1.07. The van der Waals surface area contributed by atoms with Gasteiger partial charge < -0.3 is 9.84 Å². The van der Waals surface area contributed by atoms with Gasteiger partial charge in [0.15, 0.2) is 0 Å². The second kappa shape index (κ2) is 8.59. The van der Waals surface area contributed by atoms with Crippen LogP contribution in [0.25, 0.3) is 0 Å². The molecule has 1 aromatic rings. The fraction of sp³-hybridized carbons (Fsp3) is 0.611. The Labute approximate surface area is 156 Å². The van der Waals surface area contributed by atoms with Crippen LogP contribution in [-0.2, 0) is 10.9 Å². The molecule has 2 unspecified atom stereocenters. The largest absolute Gasteiger partial charge is 0.478 e. The molecule has 2 fully saturated rings. The van der Waals surface area contributed by atoms with Crippen LogP contribution in [0.4, 0.5) is 13.2 Å². The SMILES string of the molecule is Cl.O=C(O)c1cccc(C(F)(F)F)c1C1CCCCC1N1CCOCC1. The molecule has 26 heavy (non-hydrogen) atoms. The lowest BCUT2D eigenvalue weighted by Gasteiger charge is -2.42. The van der Waals surface area contributed by atoms with E-state index < -0.39 is 23.6 Å². The van der Waals surface area contributed by atoms with Crippen molar-refractivity contribution in [2.45, 2.75) is 43.8 Å². The average molecular weight is 394 g/mol. The summed E-state index contributed by atoms with van der Waals surface area (Å²) in [7, 11) is 0. The molecule has 1 heterocycles. The molecule has 2 atom stereocenters. The van der Waals surface area contributed by atoms with E-state index in [0.29, 0.717) is 32.7 Å². The third-order valence-electron chi connectivity index (χ3n) is 5.26. The number of aromatic carboxylic acids is 1. The van der Waals surface area contributed by atoms with Crippen LogP contribution < -0.4 is 0 Å². The first-order valence-corrected chi connectivity index (χ1v) is 8.65. The Kier molecular flexibility index (Phi) is 6.93. The number of carboxylic acid groups (broad SMARTS) is 1. The number of carbonyl (C=O) groups is 1. The summed E-state index contributed by atoms with van der Waals surface area (Å²) in [6.07, 6.45) is -1.43. The third kappa shape index (κ3) is 4.32. The number of rotatable bonds is 3. The molecule has 2 aliphatic rings. The molecule has 146 valence electrons. The van der Waals surface area contributed by atoms with Crippen LogP contribution in [0.2, 0.25) is 0 Å². The van der Waals surface area contributed by atoms with E-state index in [1.54, 1.807) is 0 Å². The first-order valence-electron chi connectivity index (χ1n) is 8.65. The van der Waals surface area contributed by atoms with Crippen molar-refractivity contribution in [1.82, 2.24) is 4.90 Å². The number of hydrogen-bond donors (Lipinski definition) is 1. The maximum atomic E-state index is 13.6. The lowest BCUT2D eigenvalue weighted by molar-refractivity contribution is -0.138. The van der Waals surface area contributed by atoms with Crippen molar-refractivity contribution in [1.29, 1.82) is 0 Å². The van der Waals surface area contributed by atoms with Crippen LogP contribution in [0.5, 0.6) is 0 Å². The number of nitrogens with zero attached hydrogens (tertiary/aromatic N) is 1. The Morgan fingerprint density at radius 2 is 1.81 bits per heavy atom. The van der Waals surface area contributed by atoms with Crippen LogP contribution in [0.1, 0.15) is 53.1 Å². The van der Waals surface area contributed by atoms with Crippen molar-refractivity contribution in [2.24, 2.45) is 0 Å². The smallest absolute Gasteiger partial charge is 0.416 e. The Morgan fingerprint density at radius 1 is 1.15 bits per heavy atom. The van der Waals surface area contributed by atoms with Crippen LogP contribution >= 0.6 is 12.4 Å². The molecule has 1 N–H and O–H groups in total. The van der Waals surface area contributed by atoms with Gasteiger partial charge in [-0.25, -0.2) is 4.79 Å². The van der Waals surface area contributed by atoms with Crippen LogP contribution in [0.15, 0.2) is 18.2 Å². The van der Waals surface area contributed by atoms with Gasteiger partial charge in [-0.1, -0.05) is 18.9 Å². The Bertz CT molecular complexity index is 633. The molecule has 0 spiro atoms. The molecule has 0 radical (unpaired) electrons. The van der Waals surface area contributed by atoms with E-state index in [9.17, 15) is 23.1 Å². The van der Waals surface area contributed by atoms with Gasteiger partial charge in [0.1, 0.15) is 0 Å². The minimum absolute atomic E-state index is 0. The van der Waals surface area contributed by atoms with E-state index in [4.69, 9.17) is 4.74 Å². The molecule has 8 heteroatoms. The van der Waals surface area contributed by atoms with Gasteiger partial charge >= 0.3 is 12.1 Å². The maximum Gasteiger partial charge on any atom is 0.416 e. The highest BCUT2D eigenvalue weighted by atomic mass is 35.5. The molecule has 0 bridgehead atoms. The lowest BCUT2D eigenvalue weighted by Crippen LogP contribution is -2.47. The summed E-state index contributed by atoms with van der Waals surface area (Å²) in [5, 5.41) is 9.48. The van der Waals surface area contributed by atoms with Gasteiger partial charge in [-0.3, -0.25) is 4.90 Å². The van der Waals surface area contributed by atoms with Crippen molar-refractivity contribution in [2.75, 3.05) is 26.3 Å². The van der Waals surface area contributed by atoms with E-state index in [0.717, 1.165) is 25.3 Å². The highest BCUT2D eigenvalue weighted by molar-refractivity contribution is 5.90. The van der Waals surface area contributed by atoms with Crippen molar-refractivity contribution in [3.05, 3.63) is 34.9 Å². The number of ether oxygens (including phenoxy) is 1. The topological polar surface area (TPSA) is 49.8 Å². The summed E-state index contributed by atoms with van der Waals surface area (Å²) in [6.45, 7) is 2.49. The minimum Gasteiger partial charge on any atom is -0.478 e. The Balaban J connectivity index is 0.00000243. The van der Waals surface area contributed by atoms with E-state index in [1.807, 2.05) is 0 Å². The third-order valence-corrected chi connectivity index (χ3v) is 5.26. The predicted octanol–water partition coefficient (Wildman–Crippen LogP) is 4.18. The van der Waals surface area contributed by atoms with Crippen molar-refractivity contribution >= 4 is 18.4 Å². The number of morpholine rings is 1. The number of hydrogen-bond acceptors (Lipinski definition) is 3. The fourth-order valence-corrected chi connectivity index (χ4v) is 4.19. The van der Waals surface area contributed by atoms with Gasteiger partial charge in [0.25, 0.3) is 0 Å². The molecular weight excluding hydrogens is 371 g/mol. The second-order valence-electron chi connectivity index (χ2n) is 6.68. The average Bonchev–Trinajstić information content (AvgIpc) is 2.61. The lowest BCUT2D eigenvalue weighted by atomic mass is 9.75. The van der Waals surface area contributed by atoms with Crippen LogP contribution in [-0.4, -0.2) is 48.3 Å². The molecule has 1 aliphatic heterocycles. The number of halogens is 4. The number of alkyl halides is 3. The Hall–Kier alpha value is -1.31. The molecule has 1 aromatic carbocycles. The van der Waals surface area contributed by atoms with Gasteiger partial charge in [-0.2, -0.15) is 13.2 Å². The number of carboxylic acids is 1. The van der Waals surface area contributed by atoms with Gasteiger partial charge in [-0.15, -0.1) is 12.4 Å². The van der Waals surface area contributed by atoms with Crippen molar-refractivity contribution < 1.29 is 27.8 Å². The minimum atomic E-state index is -4.56. The summed E-state index contributed by atoms with van der Waals surface area (Å²) in [4.78, 5) is 13.8.